The summed E-state index contributed by atoms with van der Waals surface area (Å²) in [5.74, 6) is 1.46. The van der Waals surface area contributed by atoms with Crippen molar-refractivity contribution in [2.75, 3.05) is 26.2 Å². The van der Waals surface area contributed by atoms with Crippen LogP contribution in [0.4, 0.5) is 0 Å². The number of hydrogen-bond acceptors (Lipinski definition) is 6. The zero-order valence-corrected chi connectivity index (χ0v) is 24.5. The predicted octanol–water partition coefficient (Wildman–Crippen LogP) is 5.94. The first kappa shape index (κ1) is 28.5. The molecule has 3 aromatic rings. The summed E-state index contributed by atoms with van der Waals surface area (Å²) in [6.45, 7) is 13.0. The molecule has 2 aromatic carbocycles. The lowest BCUT2D eigenvalue weighted by Gasteiger charge is -2.30. The Morgan fingerprint density at radius 2 is 1.48 bits per heavy atom. The predicted molar refractivity (Wildman–Crippen MR) is 158 cm³/mol. The second kappa shape index (κ2) is 13.1. The molecule has 2 fully saturated rings. The van der Waals surface area contributed by atoms with Gasteiger partial charge in [0.1, 0.15) is 0 Å². The molecule has 0 bridgehead atoms. The summed E-state index contributed by atoms with van der Waals surface area (Å²) in [4.78, 5) is 22.4. The van der Waals surface area contributed by atoms with E-state index in [9.17, 15) is 4.79 Å². The second-order valence-corrected chi connectivity index (χ2v) is 12.6. The number of rotatable bonds is 8. The SMILES string of the molecule is CC(C)(C)c1ccc(-c2noc(CN3CCC(C(=O)NCc4ccc(CN5CCCCCC5)cc4)CC3)n2)cc1. The molecular formula is C33H45N5O2. The maximum atomic E-state index is 12.9. The monoisotopic (exact) mass is 543 g/mol. The van der Waals surface area contributed by atoms with Gasteiger partial charge in [-0.15, -0.1) is 0 Å². The molecule has 0 radical (unpaired) electrons. The van der Waals surface area contributed by atoms with Crippen LogP contribution < -0.4 is 5.32 Å². The maximum absolute atomic E-state index is 12.9. The van der Waals surface area contributed by atoms with Gasteiger partial charge in [-0.3, -0.25) is 14.6 Å². The summed E-state index contributed by atoms with van der Waals surface area (Å²) >= 11 is 0. The Bertz CT molecular complexity index is 1210. The van der Waals surface area contributed by atoms with Crippen LogP contribution in [0, 0.1) is 5.92 Å². The molecule has 0 unspecified atom stereocenters. The molecule has 1 amide bonds. The minimum atomic E-state index is 0.0538. The maximum Gasteiger partial charge on any atom is 0.241 e. The van der Waals surface area contributed by atoms with Gasteiger partial charge in [-0.1, -0.05) is 87.3 Å². The van der Waals surface area contributed by atoms with Gasteiger partial charge in [-0.05, 0) is 74.0 Å². The molecule has 214 valence electrons. The van der Waals surface area contributed by atoms with Crippen LogP contribution in [0.2, 0.25) is 0 Å². The summed E-state index contributed by atoms with van der Waals surface area (Å²) in [7, 11) is 0. The molecule has 0 saturated carbocycles. The van der Waals surface area contributed by atoms with Gasteiger partial charge < -0.3 is 9.84 Å². The van der Waals surface area contributed by atoms with Gasteiger partial charge in [0.25, 0.3) is 0 Å². The highest BCUT2D eigenvalue weighted by Crippen LogP contribution is 2.26. The molecule has 7 nitrogen and oxygen atoms in total. The van der Waals surface area contributed by atoms with Crippen molar-refractivity contribution < 1.29 is 9.32 Å². The van der Waals surface area contributed by atoms with Crippen LogP contribution in [-0.4, -0.2) is 52.0 Å². The second-order valence-electron chi connectivity index (χ2n) is 12.6. The van der Waals surface area contributed by atoms with Crippen LogP contribution in [0.25, 0.3) is 11.4 Å². The minimum absolute atomic E-state index is 0.0538. The molecule has 1 N–H and O–H groups in total. The van der Waals surface area contributed by atoms with Crippen LogP contribution in [0.15, 0.2) is 53.1 Å². The smallest absolute Gasteiger partial charge is 0.241 e. The van der Waals surface area contributed by atoms with Crippen molar-refractivity contribution in [2.45, 2.75) is 84.3 Å². The highest BCUT2D eigenvalue weighted by atomic mass is 16.5. The molecule has 0 atom stereocenters. The lowest BCUT2D eigenvalue weighted by molar-refractivity contribution is -0.126. The Hall–Kier alpha value is -3.03. The first-order chi connectivity index (χ1) is 19.3. The Balaban J connectivity index is 1.04. The van der Waals surface area contributed by atoms with Crippen LogP contribution in [0.1, 0.15) is 81.9 Å². The van der Waals surface area contributed by atoms with Crippen molar-refractivity contribution in [1.29, 1.82) is 0 Å². The van der Waals surface area contributed by atoms with E-state index in [2.05, 4.69) is 94.6 Å². The highest BCUT2D eigenvalue weighted by Gasteiger charge is 2.26. The Morgan fingerprint density at radius 1 is 0.850 bits per heavy atom. The Kier molecular flexibility index (Phi) is 9.33. The van der Waals surface area contributed by atoms with E-state index >= 15 is 0 Å². The molecular weight excluding hydrogens is 498 g/mol. The molecule has 2 aliphatic heterocycles. The van der Waals surface area contributed by atoms with E-state index in [-0.39, 0.29) is 17.2 Å². The quantitative estimate of drug-likeness (QED) is 0.379. The highest BCUT2D eigenvalue weighted by molar-refractivity contribution is 5.78. The van der Waals surface area contributed by atoms with Crippen molar-refractivity contribution in [3.63, 3.8) is 0 Å². The van der Waals surface area contributed by atoms with Crippen LogP contribution in [0.5, 0.6) is 0 Å². The van der Waals surface area contributed by atoms with E-state index in [1.165, 1.54) is 49.9 Å². The third kappa shape index (κ3) is 7.79. The average molecular weight is 544 g/mol. The van der Waals surface area contributed by atoms with Crippen molar-refractivity contribution in [3.05, 3.63) is 71.1 Å². The number of carbonyl (C=O) groups is 1. The standard InChI is InChI=1S/C33H45N5O2/c1-33(2,3)29-14-12-27(13-15-29)31-35-30(40-36-31)24-38-20-16-28(17-21-38)32(39)34-22-25-8-10-26(11-9-25)23-37-18-6-4-5-7-19-37/h8-15,28H,4-7,16-24H2,1-3H3,(H,34,39). The molecule has 5 rings (SSSR count). The Labute approximate surface area is 239 Å². The van der Waals surface area contributed by atoms with Gasteiger partial charge in [-0.2, -0.15) is 4.98 Å². The number of hydrogen-bond donors (Lipinski definition) is 1. The van der Waals surface area contributed by atoms with Crippen LogP contribution >= 0.6 is 0 Å². The third-order valence-electron chi connectivity index (χ3n) is 8.39. The first-order valence-corrected chi connectivity index (χ1v) is 15.1. The van der Waals surface area contributed by atoms with E-state index in [0.717, 1.165) is 43.6 Å². The topological polar surface area (TPSA) is 74.5 Å². The number of amides is 1. The van der Waals surface area contributed by atoms with Crippen LogP contribution in [-0.2, 0) is 29.8 Å². The number of nitrogens with zero attached hydrogens (tertiary/aromatic N) is 4. The number of piperidine rings is 1. The van der Waals surface area contributed by atoms with Gasteiger partial charge >= 0.3 is 0 Å². The molecule has 40 heavy (non-hydrogen) atoms. The summed E-state index contributed by atoms with van der Waals surface area (Å²) < 4.78 is 5.55. The number of benzene rings is 2. The van der Waals surface area contributed by atoms with Crippen molar-refractivity contribution >= 4 is 5.91 Å². The number of nitrogens with one attached hydrogen (secondary N) is 1. The third-order valence-corrected chi connectivity index (χ3v) is 8.39. The fraction of sp³-hybridized carbons (Fsp3) is 0.545. The van der Waals surface area contributed by atoms with Gasteiger partial charge in [0.05, 0.1) is 6.54 Å². The molecule has 0 aliphatic carbocycles. The molecule has 1 aromatic heterocycles. The van der Waals surface area contributed by atoms with Crippen LogP contribution in [0.3, 0.4) is 0 Å². The normalized spacial score (nSPS) is 18.0. The van der Waals surface area contributed by atoms with E-state index in [1.807, 2.05) is 0 Å². The van der Waals surface area contributed by atoms with Gasteiger partial charge in [-0.25, -0.2) is 0 Å². The van der Waals surface area contributed by atoms with Crippen molar-refractivity contribution in [2.24, 2.45) is 5.92 Å². The number of aromatic nitrogens is 2. The zero-order valence-electron chi connectivity index (χ0n) is 24.5. The molecule has 2 aliphatic rings. The summed E-state index contributed by atoms with van der Waals surface area (Å²) in [5.41, 5.74) is 4.87. The van der Waals surface area contributed by atoms with Gasteiger partial charge in [0.2, 0.25) is 17.6 Å². The van der Waals surface area contributed by atoms with E-state index < -0.39 is 0 Å². The molecule has 3 heterocycles. The summed E-state index contributed by atoms with van der Waals surface area (Å²) in [6.07, 6.45) is 7.04. The number of likely N-dealkylation sites (tertiary alicyclic amines) is 2. The van der Waals surface area contributed by atoms with Crippen molar-refractivity contribution in [3.8, 4) is 11.4 Å². The van der Waals surface area contributed by atoms with E-state index in [0.29, 0.717) is 24.8 Å². The van der Waals surface area contributed by atoms with Gasteiger partial charge in [0, 0.05) is 24.6 Å². The average Bonchev–Trinajstić information content (AvgIpc) is 3.27. The van der Waals surface area contributed by atoms with Gasteiger partial charge in [0.15, 0.2) is 0 Å². The Morgan fingerprint density at radius 3 is 2.12 bits per heavy atom. The lowest BCUT2D eigenvalue weighted by Crippen LogP contribution is -2.40. The zero-order chi connectivity index (χ0) is 28.0. The van der Waals surface area contributed by atoms with Crippen molar-refractivity contribution in [1.82, 2.24) is 25.3 Å². The fourth-order valence-corrected chi connectivity index (χ4v) is 5.75. The van der Waals surface area contributed by atoms with E-state index in [1.54, 1.807) is 0 Å². The molecule has 7 heteroatoms. The molecule has 0 spiro atoms. The summed E-state index contributed by atoms with van der Waals surface area (Å²) in [5, 5.41) is 7.37. The summed E-state index contributed by atoms with van der Waals surface area (Å²) in [6, 6.07) is 17.1. The fourth-order valence-electron chi connectivity index (χ4n) is 5.75. The minimum Gasteiger partial charge on any atom is -0.352 e. The van der Waals surface area contributed by atoms with E-state index in [4.69, 9.17) is 4.52 Å². The largest absolute Gasteiger partial charge is 0.352 e. The molecule has 2 saturated heterocycles. The first-order valence-electron chi connectivity index (χ1n) is 15.1. The lowest BCUT2D eigenvalue weighted by atomic mass is 9.87. The number of carbonyl (C=O) groups excluding carboxylic acids is 1.